The van der Waals surface area contributed by atoms with E-state index in [2.05, 4.69) is 17.2 Å². The van der Waals surface area contributed by atoms with Gasteiger partial charge in [-0.25, -0.2) is 5.01 Å². The number of para-hydroxylation sites is 2. The van der Waals surface area contributed by atoms with Crippen molar-refractivity contribution in [3.05, 3.63) is 67.3 Å². The summed E-state index contributed by atoms with van der Waals surface area (Å²) >= 11 is 0. The molecule has 0 saturated heterocycles. The molecule has 1 radical (unpaired) electrons. The molecule has 17 heavy (non-hydrogen) atoms. The molecule has 2 aromatic carbocycles. The quantitative estimate of drug-likeness (QED) is 0.777. The van der Waals surface area contributed by atoms with Gasteiger partial charge in [-0.15, -0.1) is 0 Å². The predicted molar refractivity (Wildman–Crippen MR) is 70.6 cm³/mol. The van der Waals surface area contributed by atoms with Crippen LogP contribution in [-0.4, -0.2) is 6.34 Å². The van der Waals surface area contributed by atoms with Gasteiger partial charge in [0.1, 0.15) is 6.34 Å². The number of hydrazone groups is 1. The van der Waals surface area contributed by atoms with Gasteiger partial charge in [0.05, 0.1) is 5.69 Å². The Kier molecular flexibility index (Phi) is 2.50. The molecule has 1 heterocycles. The van der Waals surface area contributed by atoms with Gasteiger partial charge in [0.2, 0.25) is 0 Å². The average molecular weight is 222 g/mol. The van der Waals surface area contributed by atoms with E-state index in [0.717, 1.165) is 11.4 Å². The smallest absolute Gasteiger partial charge is 0.170 e. The molecule has 2 aromatic rings. The van der Waals surface area contributed by atoms with E-state index in [4.69, 9.17) is 0 Å². The van der Waals surface area contributed by atoms with Gasteiger partial charge in [-0.2, -0.15) is 5.10 Å². The van der Waals surface area contributed by atoms with Crippen LogP contribution >= 0.6 is 0 Å². The standard InChI is InChI=1S/C14H12N3/c1-3-7-13(8-4-1)16-11-15-17(12-16)14-9-5-2-6-10-14/h1-12H. The average Bonchev–Trinajstić information content (AvgIpc) is 2.90. The van der Waals surface area contributed by atoms with Gasteiger partial charge in [-0.05, 0) is 24.3 Å². The third-order valence-electron chi connectivity index (χ3n) is 2.61. The molecule has 0 spiro atoms. The summed E-state index contributed by atoms with van der Waals surface area (Å²) in [6.07, 6.45) is 1.81. The second-order valence-corrected chi connectivity index (χ2v) is 3.77. The summed E-state index contributed by atoms with van der Waals surface area (Å²) in [6, 6.07) is 20.2. The molecule has 0 amide bonds. The van der Waals surface area contributed by atoms with Crippen molar-refractivity contribution in [2.45, 2.75) is 0 Å². The number of benzene rings is 2. The van der Waals surface area contributed by atoms with Crippen molar-refractivity contribution in [3.8, 4) is 0 Å². The highest BCUT2D eigenvalue weighted by Gasteiger charge is 2.17. The first-order valence-corrected chi connectivity index (χ1v) is 5.50. The lowest BCUT2D eigenvalue weighted by Crippen LogP contribution is -2.19. The van der Waals surface area contributed by atoms with E-state index in [1.165, 1.54) is 0 Å². The first-order chi connectivity index (χ1) is 8.43. The molecular formula is C14H12N3. The van der Waals surface area contributed by atoms with E-state index >= 15 is 0 Å². The number of hydrogen-bond donors (Lipinski definition) is 0. The SMILES string of the molecule is [CH]1N(c2ccccc2)C=NN1c1ccccc1. The molecule has 0 aromatic heterocycles. The topological polar surface area (TPSA) is 18.8 Å². The van der Waals surface area contributed by atoms with Crippen molar-refractivity contribution in [1.29, 1.82) is 0 Å². The fourth-order valence-corrected chi connectivity index (χ4v) is 1.74. The van der Waals surface area contributed by atoms with Crippen LogP contribution < -0.4 is 9.91 Å². The van der Waals surface area contributed by atoms with E-state index in [9.17, 15) is 0 Å². The molecule has 0 bridgehead atoms. The van der Waals surface area contributed by atoms with Crippen molar-refractivity contribution in [2.24, 2.45) is 5.10 Å². The molecule has 0 fully saturated rings. The second kappa shape index (κ2) is 4.29. The van der Waals surface area contributed by atoms with Crippen molar-refractivity contribution in [1.82, 2.24) is 0 Å². The summed E-state index contributed by atoms with van der Waals surface area (Å²) < 4.78 is 0. The van der Waals surface area contributed by atoms with Gasteiger partial charge in [0, 0.05) is 5.69 Å². The molecule has 0 aliphatic carbocycles. The molecule has 83 valence electrons. The molecule has 1 aliphatic rings. The third kappa shape index (κ3) is 1.99. The summed E-state index contributed by atoms with van der Waals surface area (Å²) in [5.74, 6) is 0. The van der Waals surface area contributed by atoms with Crippen LogP contribution in [-0.2, 0) is 0 Å². The number of anilines is 2. The minimum absolute atomic E-state index is 1.06. The van der Waals surface area contributed by atoms with E-state index in [1.54, 1.807) is 0 Å². The molecule has 3 heteroatoms. The highest BCUT2D eigenvalue weighted by molar-refractivity contribution is 5.85. The lowest BCUT2D eigenvalue weighted by Gasteiger charge is -2.17. The van der Waals surface area contributed by atoms with Gasteiger partial charge < -0.3 is 4.90 Å². The molecule has 1 aliphatic heterocycles. The zero-order valence-corrected chi connectivity index (χ0v) is 9.27. The number of rotatable bonds is 2. The molecular weight excluding hydrogens is 210 g/mol. The van der Waals surface area contributed by atoms with Crippen molar-refractivity contribution < 1.29 is 0 Å². The second-order valence-electron chi connectivity index (χ2n) is 3.77. The monoisotopic (exact) mass is 222 g/mol. The Labute approximate surface area is 101 Å². The first kappa shape index (κ1) is 9.90. The van der Waals surface area contributed by atoms with Crippen LogP contribution in [0.3, 0.4) is 0 Å². The van der Waals surface area contributed by atoms with Crippen LogP contribution in [0.5, 0.6) is 0 Å². The number of nitrogens with zero attached hydrogens (tertiary/aromatic N) is 3. The maximum absolute atomic E-state index is 4.34. The zero-order chi connectivity index (χ0) is 11.5. The molecule has 3 rings (SSSR count). The van der Waals surface area contributed by atoms with Crippen LogP contribution in [0.2, 0.25) is 0 Å². The lowest BCUT2D eigenvalue weighted by atomic mass is 10.3. The van der Waals surface area contributed by atoms with Gasteiger partial charge in [-0.3, -0.25) is 0 Å². The minimum atomic E-state index is 1.06. The Bertz CT molecular complexity index is 460. The van der Waals surface area contributed by atoms with Crippen molar-refractivity contribution >= 4 is 17.7 Å². The van der Waals surface area contributed by atoms with Gasteiger partial charge >= 0.3 is 0 Å². The molecule has 0 atom stereocenters. The number of hydrogen-bond acceptors (Lipinski definition) is 3. The molecule has 0 saturated carbocycles. The maximum atomic E-state index is 4.34. The van der Waals surface area contributed by atoms with Gasteiger partial charge in [-0.1, -0.05) is 36.4 Å². The Hall–Kier alpha value is -2.29. The highest BCUT2D eigenvalue weighted by atomic mass is 15.6. The fourth-order valence-electron chi connectivity index (χ4n) is 1.74. The highest BCUT2D eigenvalue weighted by Crippen LogP contribution is 2.23. The Morgan fingerprint density at radius 1 is 0.706 bits per heavy atom. The summed E-state index contributed by atoms with van der Waals surface area (Å²) in [6.45, 7) is 1.96. The van der Waals surface area contributed by atoms with Crippen molar-refractivity contribution in [3.63, 3.8) is 0 Å². The fraction of sp³-hybridized carbons (Fsp3) is 0. The maximum Gasteiger partial charge on any atom is 0.170 e. The lowest BCUT2D eigenvalue weighted by molar-refractivity contribution is 1.02. The zero-order valence-electron chi connectivity index (χ0n) is 9.27. The van der Waals surface area contributed by atoms with E-state index in [-0.39, 0.29) is 0 Å². The predicted octanol–water partition coefficient (Wildman–Crippen LogP) is 3.08. The summed E-state index contributed by atoms with van der Waals surface area (Å²) in [4.78, 5) is 1.99. The first-order valence-electron chi connectivity index (χ1n) is 5.50. The summed E-state index contributed by atoms with van der Waals surface area (Å²) in [5, 5.41) is 6.20. The van der Waals surface area contributed by atoms with Crippen LogP contribution in [0.25, 0.3) is 0 Å². The third-order valence-corrected chi connectivity index (χ3v) is 2.61. The van der Waals surface area contributed by atoms with Crippen LogP contribution in [0.4, 0.5) is 11.4 Å². The van der Waals surface area contributed by atoms with Gasteiger partial charge in [0.25, 0.3) is 0 Å². The van der Waals surface area contributed by atoms with E-state index in [0.29, 0.717) is 0 Å². The van der Waals surface area contributed by atoms with Crippen molar-refractivity contribution in [2.75, 3.05) is 9.91 Å². The Morgan fingerprint density at radius 2 is 1.29 bits per heavy atom. The summed E-state index contributed by atoms with van der Waals surface area (Å²) in [7, 11) is 0. The Morgan fingerprint density at radius 3 is 1.94 bits per heavy atom. The minimum Gasteiger partial charge on any atom is -0.304 e. The van der Waals surface area contributed by atoms with Crippen LogP contribution in [0, 0.1) is 6.67 Å². The van der Waals surface area contributed by atoms with E-state index in [1.807, 2.05) is 71.4 Å². The summed E-state index contributed by atoms with van der Waals surface area (Å²) in [5.41, 5.74) is 2.16. The normalized spacial score (nSPS) is 14.4. The molecule has 0 unspecified atom stereocenters. The largest absolute Gasteiger partial charge is 0.304 e. The molecule has 3 nitrogen and oxygen atoms in total. The van der Waals surface area contributed by atoms with Gasteiger partial charge in [0.15, 0.2) is 6.67 Å². The van der Waals surface area contributed by atoms with Crippen LogP contribution in [0.1, 0.15) is 0 Å². The molecule has 0 N–H and O–H groups in total. The van der Waals surface area contributed by atoms with E-state index < -0.39 is 0 Å². The van der Waals surface area contributed by atoms with Crippen LogP contribution in [0.15, 0.2) is 65.8 Å². The Balaban J connectivity index is 1.78.